The van der Waals surface area contributed by atoms with Crippen molar-refractivity contribution in [2.45, 2.75) is 13.8 Å². The molecule has 132 valence electrons. The summed E-state index contributed by atoms with van der Waals surface area (Å²) in [5, 5.41) is 3.22. The third-order valence-electron chi connectivity index (χ3n) is 4.47. The molecule has 25 heavy (non-hydrogen) atoms. The van der Waals surface area contributed by atoms with Crippen LogP contribution in [0.15, 0.2) is 41.0 Å². The molecule has 3 rings (SSSR count). The summed E-state index contributed by atoms with van der Waals surface area (Å²) in [6.07, 6.45) is 1.49. The van der Waals surface area contributed by atoms with Gasteiger partial charge in [-0.1, -0.05) is 12.1 Å². The van der Waals surface area contributed by atoms with Gasteiger partial charge in [0.1, 0.15) is 0 Å². The normalized spacial score (nSPS) is 14.5. The molecule has 1 saturated heterocycles. The van der Waals surface area contributed by atoms with Crippen LogP contribution in [-0.2, 0) is 4.79 Å². The molecule has 1 aromatic heterocycles. The summed E-state index contributed by atoms with van der Waals surface area (Å²) >= 11 is 0. The van der Waals surface area contributed by atoms with Crippen molar-refractivity contribution in [2.24, 2.45) is 0 Å². The Bertz CT molecular complexity index is 747. The Kier molecular flexibility index (Phi) is 5.07. The molecule has 6 heteroatoms. The molecule has 2 heterocycles. The molecule has 1 aromatic carbocycles. The highest BCUT2D eigenvalue weighted by Gasteiger charge is 2.25. The highest BCUT2D eigenvalue weighted by molar-refractivity contribution is 5.91. The Morgan fingerprint density at radius 3 is 2.48 bits per heavy atom. The second kappa shape index (κ2) is 7.42. The van der Waals surface area contributed by atoms with Crippen LogP contribution in [0.4, 0.5) is 5.69 Å². The van der Waals surface area contributed by atoms with Gasteiger partial charge in [-0.15, -0.1) is 0 Å². The van der Waals surface area contributed by atoms with Crippen molar-refractivity contribution < 1.29 is 14.0 Å². The van der Waals surface area contributed by atoms with Crippen LogP contribution in [0.5, 0.6) is 0 Å². The molecule has 1 fully saturated rings. The van der Waals surface area contributed by atoms with E-state index in [1.54, 1.807) is 21.9 Å². The minimum atomic E-state index is -0.120. The summed E-state index contributed by atoms with van der Waals surface area (Å²) in [4.78, 5) is 28.2. The highest BCUT2D eigenvalue weighted by Crippen LogP contribution is 2.16. The maximum Gasteiger partial charge on any atom is 0.289 e. The number of carbonyl (C=O) groups excluding carboxylic acids is 2. The summed E-state index contributed by atoms with van der Waals surface area (Å²) < 4.78 is 5.15. The number of rotatable bonds is 4. The lowest BCUT2D eigenvalue weighted by Crippen LogP contribution is -2.51. The van der Waals surface area contributed by atoms with Gasteiger partial charge in [-0.3, -0.25) is 9.59 Å². The predicted octanol–water partition coefficient (Wildman–Crippen LogP) is 2.29. The van der Waals surface area contributed by atoms with Crippen LogP contribution in [0.25, 0.3) is 0 Å². The molecule has 2 amide bonds. The molecule has 1 N–H and O–H groups in total. The first-order valence-corrected chi connectivity index (χ1v) is 8.46. The fourth-order valence-corrected chi connectivity index (χ4v) is 2.92. The van der Waals surface area contributed by atoms with Gasteiger partial charge in [-0.2, -0.15) is 0 Å². The summed E-state index contributed by atoms with van der Waals surface area (Å²) in [5.74, 6) is 0.271. The van der Waals surface area contributed by atoms with Crippen LogP contribution in [0.2, 0.25) is 0 Å². The van der Waals surface area contributed by atoms with Crippen molar-refractivity contribution in [1.29, 1.82) is 0 Å². The summed E-state index contributed by atoms with van der Waals surface area (Å²) in [6.45, 7) is 6.44. The number of hydrogen-bond acceptors (Lipinski definition) is 4. The van der Waals surface area contributed by atoms with Crippen LogP contribution in [0.1, 0.15) is 21.7 Å². The van der Waals surface area contributed by atoms with E-state index in [9.17, 15) is 9.59 Å². The van der Waals surface area contributed by atoms with Crippen molar-refractivity contribution in [3.63, 3.8) is 0 Å². The number of amides is 2. The van der Waals surface area contributed by atoms with Gasteiger partial charge in [0.05, 0.1) is 12.8 Å². The van der Waals surface area contributed by atoms with Crippen LogP contribution < -0.4 is 5.32 Å². The number of nitrogens with zero attached hydrogens (tertiary/aromatic N) is 2. The van der Waals surface area contributed by atoms with E-state index < -0.39 is 0 Å². The first-order chi connectivity index (χ1) is 12.0. The molecule has 2 aromatic rings. The predicted molar refractivity (Wildman–Crippen MR) is 95.6 cm³/mol. The van der Waals surface area contributed by atoms with Gasteiger partial charge < -0.3 is 19.5 Å². The summed E-state index contributed by atoms with van der Waals surface area (Å²) in [6, 6.07) is 9.50. The quantitative estimate of drug-likeness (QED) is 0.927. The Morgan fingerprint density at radius 2 is 1.80 bits per heavy atom. The second-order valence-corrected chi connectivity index (χ2v) is 6.32. The van der Waals surface area contributed by atoms with E-state index in [0.717, 1.165) is 16.8 Å². The maximum atomic E-state index is 12.4. The van der Waals surface area contributed by atoms with E-state index >= 15 is 0 Å². The number of carbonyl (C=O) groups is 2. The van der Waals surface area contributed by atoms with Crippen LogP contribution in [0, 0.1) is 13.8 Å². The van der Waals surface area contributed by atoms with E-state index in [2.05, 4.69) is 11.4 Å². The molecule has 0 unspecified atom stereocenters. The minimum Gasteiger partial charge on any atom is -0.459 e. The van der Waals surface area contributed by atoms with Crippen molar-refractivity contribution in [3.8, 4) is 0 Å². The first kappa shape index (κ1) is 17.1. The van der Waals surface area contributed by atoms with Gasteiger partial charge in [0, 0.05) is 31.9 Å². The topological polar surface area (TPSA) is 65.8 Å². The zero-order valence-corrected chi connectivity index (χ0v) is 14.6. The molecule has 0 saturated carbocycles. The molecule has 0 radical (unpaired) electrons. The Hall–Kier alpha value is -2.76. The van der Waals surface area contributed by atoms with E-state index in [1.807, 2.05) is 26.0 Å². The zero-order valence-electron chi connectivity index (χ0n) is 14.6. The Labute approximate surface area is 147 Å². The first-order valence-electron chi connectivity index (χ1n) is 8.46. The number of piperazine rings is 1. The lowest BCUT2D eigenvalue weighted by Gasteiger charge is -2.34. The van der Waals surface area contributed by atoms with Gasteiger partial charge >= 0.3 is 0 Å². The van der Waals surface area contributed by atoms with E-state index in [1.165, 1.54) is 6.26 Å². The molecule has 0 aliphatic carbocycles. The average molecular weight is 341 g/mol. The van der Waals surface area contributed by atoms with Crippen molar-refractivity contribution in [2.75, 3.05) is 38.0 Å². The van der Waals surface area contributed by atoms with Crippen molar-refractivity contribution in [3.05, 3.63) is 53.5 Å². The summed E-state index contributed by atoms with van der Waals surface area (Å²) in [7, 11) is 0. The lowest BCUT2D eigenvalue weighted by molar-refractivity contribution is -0.130. The molecule has 6 nitrogen and oxygen atoms in total. The molecule has 1 aliphatic heterocycles. The van der Waals surface area contributed by atoms with E-state index in [0.29, 0.717) is 31.9 Å². The molecule has 0 spiro atoms. The molecule has 1 aliphatic rings. The van der Waals surface area contributed by atoms with Gasteiger partial charge in [-0.25, -0.2) is 0 Å². The van der Waals surface area contributed by atoms with Crippen LogP contribution in [0.3, 0.4) is 0 Å². The molecule has 0 atom stereocenters. The fourth-order valence-electron chi connectivity index (χ4n) is 2.92. The third kappa shape index (κ3) is 4.02. The monoisotopic (exact) mass is 341 g/mol. The summed E-state index contributed by atoms with van der Waals surface area (Å²) in [5.41, 5.74) is 3.26. The minimum absolute atomic E-state index is 0.0472. The maximum absolute atomic E-state index is 12.4. The average Bonchev–Trinajstić information content (AvgIpc) is 3.16. The smallest absolute Gasteiger partial charge is 0.289 e. The third-order valence-corrected chi connectivity index (χ3v) is 4.47. The van der Waals surface area contributed by atoms with Gasteiger partial charge in [0.2, 0.25) is 5.91 Å². The number of furan rings is 1. The largest absolute Gasteiger partial charge is 0.459 e. The van der Waals surface area contributed by atoms with Crippen molar-refractivity contribution >= 4 is 17.5 Å². The SMILES string of the molecule is Cc1ccc(C)c(NCC(=O)N2CCN(C(=O)c3ccco3)CC2)c1. The van der Waals surface area contributed by atoms with Gasteiger partial charge in [0.15, 0.2) is 5.76 Å². The molecular formula is C19H23N3O3. The number of benzene rings is 1. The highest BCUT2D eigenvalue weighted by atomic mass is 16.3. The van der Waals surface area contributed by atoms with E-state index in [-0.39, 0.29) is 18.4 Å². The number of aryl methyl sites for hydroxylation is 2. The van der Waals surface area contributed by atoms with Crippen molar-refractivity contribution in [1.82, 2.24) is 9.80 Å². The lowest BCUT2D eigenvalue weighted by atomic mass is 10.1. The van der Waals surface area contributed by atoms with Gasteiger partial charge in [-0.05, 0) is 43.2 Å². The fraction of sp³-hybridized carbons (Fsp3) is 0.368. The number of nitrogens with one attached hydrogen (secondary N) is 1. The number of anilines is 1. The zero-order chi connectivity index (χ0) is 17.8. The van der Waals surface area contributed by atoms with E-state index in [4.69, 9.17) is 4.42 Å². The second-order valence-electron chi connectivity index (χ2n) is 6.32. The van der Waals surface area contributed by atoms with Gasteiger partial charge in [0.25, 0.3) is 5.91 Å². The standard InChI is InChI=1S/C19H23N3O3/c1-14-5-6-15(2)16(12-14)20-13-18(23)21-7-9-22(10-8-21)19(24)17-4-3-11-25-17/h3-6,11-12,20H,7-10,13H2,1-2H3. The number of hydrogen-bond donors (Lipinski definition) is 1. The molecular weight excluding hydrogens is 318 g/mol. The van der Waals surface area contributed by atoms with Crippen LogP contribution >= 0.6 is 0 Å². The molecule has 0 bridgehead atoms. The Morgan fingerprint density at radius 1 is 1.08 bits per heavy atom. The Balaban J connectivity index is 1.50. The van der Waals surface area contributed by atoms with Crippen LogP contribution in [-0.4, -0.2) is 54.3 Å².